The number of carbonyl (C=O) groups excluding carboxylic acids is 1. The maximum atomic E-state index is 12.6. The molecule has 0 aliphatic carbocycles. The van der Waals surface area contributed by atoms with Crippen LogP contribution in [0.5, 0.6) is 0 Å². The molecule has 0 radical (unpaired) electrons. The molecule has 0 bridgehead atoms. The average Bonchev–Trinajstić information content (AvgIpc) is 2.57. The Morgan fingerprint density at radius 1 is 1.12 bits per heavy atom. The molecule has 0 saturated heterocycles. The van der Waals surface area contributed by atoms with E-state index in [-0.39, 0.29) is 23.5 Å². The Kier molecular flexibility index (Phi) is 6.72. The van der Waals surface area contributed by atoms with Crippen LogP contribution < -0.4 is 0 Å². The van der Waals surface area contributed by atoms with Gasteiger partial charge in [0, 0.05) is 22.3 Å². The van der Waals surface area contributed by atoms with Crippen LogP contribution in [0.4, 0.5) is 13.2 Å². The van der Waals surface area contributed by atoms with E-state index in [4.69, 9.17) is 16.7 Å². The van der Waals surface area contributed by atoms with Gasteiger partial charge in [-0.25, -0.2) is 0 Å². The first-order valence-corrected chi connectivity index (χ1v) is 8.89. The molecule has 2 aromatic rings. The van der Waals surface area contributed by atoms with E-state index in [0.717, 1.165) is 36.0 Å². The van der Waals surface area contributed by atoms with Crippen molar-refractivity contribution >= 4 is 35.1 Å². The molecule has 1 unspecified atom stereocenters. The number of benzene rings is 2. The van der Waals surface area contributed by atoms with Crippen molar-refractivity contribution in [1.29, 1.82) is 0 Å². The fraction of sp³-hybridized carbons (Fsp3) is 0.222. The second kappa shape index (κ2) is 8.60. The minimum absolute atomic E-state index is 0.0519. The number of hydrogen-bond donors (Lipinski definition) is 1. The first-order valence-electron chi connectivity index (χ1n) is 7.46. The van der Waals surface area contributed by atoms with Gasteiger partial charge in [-0.2, -0.15) is 13.2 Å². The van der Waals surface area contributed by atoms with E-state index in [1.807, 2.05) is 0 Å². The van der Waals surface area contributed by atoms with Crippen molar-refractivity contribution in [1.82, 2.24) is 0 Å². The number of carboxylic acids is 1. The van der Waals surface area contributed by atoms with Gasteiger partial charge in [-0.1, -0.05) is 35.9 Å². The number of alkyl halides is 3. The lowest BCUT2D eigenvalue weighted by Gasteiger charge is -2.16. The highest BCUT2D eigenvalue weighted by Gasteiger charge is 2.30. The highest BCUT2D eigenvalue weighted by atomic mass is 35.5. The Morgan fingerprint density at radius 2 is 1.77 bits per heavy atom. The molecule has 0 aromatic heterocycles. The molecule has 0 aliphatic rings. The Morgan fingerprint density at radius 3 is 2.31 bits per heavy atom. The van der Waals surface area contributed by atoms with Crippen molar-refractivity contribution in [2.75, 3.05) is 5.75 Å². The van der Waals surface area contributed by atoms with Crippen molar-refractivity contribution in [2.45, 2.75) is 17.8 Å². The molecular formula is C18H14ClF3O3S. The average molecular weight is 403 g/mol. The molecule has 1 atom stereocenters. The van der Waals surface area contributed by atoms with Gasteiger partial charge in [-0.05, 0) is 29.8 Å². The summed E-state index contributed by atoms with van der Waals surface area (Å²) in [6, 6.07) is 10.7. The highest BCUT2D eigenvalue weighted by molar-refractivity contribution is 8.00. The summed E-state index contributed by atoms with van der Waals surface area (Å²) in [6.45, 7) is 0. The standard InChI is InChI=1S/C18H14ClF3O3S/c19-14-3-1-2-12(8-14)16(26-10-17(24)25)9-15(23)11-4-6-13(7-5-11)18(20,21)22/h1-8,16H,9-10H2,(H,24,25). The molecule has 0 fully saturated rings. The zero-order valence-corrected chi connectivity index (χ0v) is 14.9. The lowest BCUT2D eigenvalue weighted by atomic mass is 10.0. The summed E-state index contributed by atoms with van der Waals surface area (Å²) in [5.74, 6) is -1.61. The third kappa shape index (κ3) is 5.78. The highest BCUT2D eigenvalue weighted by Crippen LogP contribution is 2.35. The number of carboxylic acid groups (broad SMARTS) is 1. The monoisotopic (exact) mass is 402 g/mol. The van der Waals surface area contributed by atoms with Crippen LogP contribution in [0.15, 0.2) is 48.5 Å². The van der Waals surface area contributed by atoms with Gasteiger partial charge in [0.2, 0.25) is 0 Å². The van der Waals surface area contributed by atoms with Gasteiger partial charge in [-0.15, -0.1) is 11.8 Å². The third-order valence-electron chi connectivity index (χ3n) is 3.53. The summed E-state index contributed by atoms with van der Waals surface area (Å²) in [6.07, 6.45) is -4.52. The molecule has 0 saturated carbocycles. The maximum absolute atomic E-state index is 12.6. The molecule has 2 aromatic carbocycles. The Hall–Kier alpha value is -1.99. The topological polar surface area (TPSA) is 54.4 Å². The molecular weight excluding hydrogens is 389 g/mol. The number of ketones is 1. The number of carbonyl (C=O) groups is 2. The van der Waals surface area contributed by atoms with Crippen LogP contribution >= 0.6 is 23.4 Å². The normalized spacial score (nSPS) is 12.6. The lowest BCUT2D eigenvalue weighted by Crippen LogP contribution is -2.09. The lowest BCUT2D eigenvalue weighted by molar-refractivity contribution is -0.137. The zero-order valence-electron chi connectivity index (χ0n) is 13.3. The molecule has 0 aliphatic heterocycles. The van der Waals surface area contributed by atoms with E-state index in [9.17, 15) is 22.8 Å². The van der Waals surface area contributed by atoms with Gasteiger partial charge in [-0.3, -0.25) is 9.59 Å². The Labute approximate surface area is 157 Å². The van der Waals surface area contributed by atoms with E-state index in [2.05, 4.69) is 0 Å². The minimum Gasteiger partial charge on any atom is -0.481 e. The van der Waals surface area contributed by atoms with E-state index in [1.54, 1.807) is 24.3 Å². The predicted octanol–water partition coefficient (Wildman–Crippen LogP) is 5.49. The van der Waals surface area contributed by atoms with E-state index < -0.39 is 23.0 Å². The predicted molar refractivity (Wildman–Crippen MR) is 94.7 cm³/mol. The second-order valence-electron chi connectivity index (χ2n) is 5.45. The van der Waals surface area contributed by atoms with Crippen LogP contribution in [0, 0.1) is 0 Å². The quantitative estimate of drug-likeness (QED) is 0.622. The summed E-state index contributed by atoms with van der Waals surface area (Å²) < 4.78 is 37.8. The SMILES string of the molecule is O=C(O)CSC(CC(=O)c1ccc(C(F)(F)F)cc1)c1cccc(Cl)c1. The largest absolute Gasteiger partial charge is 0.481 e. The zero-order chi connectivity index (χ0) is 19.3. The smallest absolute Gasteiger partial charge is 0.416 e. The van der Waals surface area contributed by atoms with Gasteiger partial charge in [0.1, 0.15) is 0 Å². The van der Waals surface area contributed by atoms with Gasteiger partial charge in [0.05, 0.1) is 11.3 Å². The molecule has 138 valence electrons. The molecule has 0 spiro atoms. The summed E-state index contributed by atoms with van der Waals surface area (Å²) in [5.41, 5.74) is -0.00865. The van der Waals surface area contributed by atoms with Gasteiger partial charge >= 0.3 is 12.1 Å². The Bertz CT molecular complexity index is 791. The number of Topliss-reactive ketones (excluding diaryl/α,β-unsaturated/α-hetero) is 1. The first-order chi connectivity index (χ1) is 12.2. The van der Waals surface area contributed by atoms with E-state index in [0.29, 0.717) is 10.6 Å². The van der Waals surface area contributed by atoms with Crippen molar-refractivity contribution in [3.8, 4) is 0 Å². The fourth-order valence-corrected chi connectivity index (χ4v) is 3.43. The van der Waals surface area contributed by atoms with Gasteiger partial charge in [0.15, 0.2) is 5.78 Å². The number of thioether (sulfide) groups is 1. The van der Waals surface area contributed by atoms with Crippen LogP contribution in [-0.4, -0.2) is 22.6 Å². The summed E-state index contributed by atoms with van der Waals surface area (Å²) >= 11 is 7.01. The molecule has 8 heteroatoms. The van der Waals surface area contributed by atoms with Crippen molar-refractivity contribution in [3.63, 3.8) is 0 Å². The van der Waals surface area contributed by atoms with Crippen LogP contribution in [0.25, 0.3) is 0 Å². The molecule has 26 heavy (non-hydrogen) atoms. The summed E-state index contributed by atoms with van der Waals surface area (Å²) in [7, 11) is 0. The number of halogens is 4. The molecule has 2 rings (SSSR count). The van der Waals surface area contributed by atoms with Crippen molar-refractivity contribution in [2.24, 2.45) is 0 Å². The van der Waals surface area contributed by atoms with Crippen molar-refractivity contribution in [3.05, 3.63) is 70.2 Å². The number of aliphatic carboxylic acids is 1. The van der Waals surface area contributed by atoms with Crippen molar-refractivity contribution < 1.29 is 27.9 Å². The van der Waals surface area contributed by atoms with E-state index in [1.165, 1.54) is 0 Å². The van der Waals surface area contributed by atoms with Gasteiger partial charge in [0.25, 0.3) is 0 Å². The number of rotatable bonds is 7. The molecule has 0 amide bonds. The minimum atomic E-state index is -4.47. The second-order valence-corrected chi connectivity index (χ2v) is 7.08. The van der Waals surface area contributed by atoms with Crippen LogP contribution in [0.3, 0.4) is 0 Å². The molecule has 0 heterocycles. The number of hydrogen-bond acceptors (Lipinski definition) is 3. The molecule has 3 nitrogen and oxygen atoms in total. The summed E-state index contributed by atoms with van der Waals surface area (Å²) in [4.78, 5) is 23.3. The summed E-state index contributed by atoms with van der Waals surface area (Å²) in [5, 5.41) is 8.86. The molecule has 1 N–H and O–H groups in total. The van der Waals surface area contributed by atoms with Gasteiger partial charge < -0.3 is 5.11 Å². The Balaban J connectivity index is 2.18. The van der Waals surface area contributed by atoms with Crippen LogP contribution in [-0.2, 0) is 11.0 Å². The third-order valence-corrected chi connectivity index (χ3v) is 5.02. The first kappa shape index (κ1) is 20.3. The maximum Gasteiger partial charge on any atom is 0.416 e. The van der Waals surface area contributed by atoms with Crippen LogP contribution in [0.2, 0.25) is 5.02 Å². The van der Waals surface area contributed by atoms with Crippen LogP contribution in [0.1, 0.15) is 33.2 Å². The van der Waals surface area contributed by atoms with E-state index >= 15 is 0 Å². The fourth-order valence-electron chi connectivity index (χ4n) is 2.28.